The van der Waals surface area contributed by atoms with Crippen LogP contribution in [-0.2, 0) is 9.59 Å². The fourth-order valence-electron chi connectivity index (χ4n) is 5.10. The molecule has 0 spiro atoms. The van der Waals surface area contributed by atoms with E-state index in [9.17, 15) is 24.9 Å². The van der Waals surface area contributed by atoms with E-state index in [0.717, 1.165) is 5.06 Å². The lowest BCUT2D eigenvalue weighted by molar-refractivity contribution is -0.384. The lowest BCUT2D eigenvalue weighted by Gasteiger charge is -2.46. The number of ketones is 2. The molecule has 0 fully saturated rings. The third kappa shape index (κ3) is 3.27. The van der Waals surface area contributed by atoms with Gasteiger partial charge >= 0.3 is 0 Å². The number of non-ortho nitro benzene ring substituents is 1. The van der Waals surface area contributed by atoms with Crippen molar-refractivity contribution in [1.82, 2.24) is 5.06 Å². The highest BCUT2D eigenvalue weighted by atomic mass is 16.6. The molecular formula is C23H26N2O5. The summed E-state index contributed by atoms with van der Waals surface area (Å²) in [5.74, 6) is -0.938. The molecule has 0 saturated carbocycles. The number of hydroxylamine groups is 2. The Labute approximate surface area is 175 Å². The summed E-state index contributed by atoms with van der Waals surface area (Å²) in [6.45, 7) is 7.91. The Morgan fingerprint density at radius 1 is 0.967 bits per heavy atom. The van der Waals surface area contributed by atoms with Gasteiger partial charge < -0.3 is 0 Å². The van der Waals surface area contributed by atoms with Crippen LogP contribution in [0.5, 0.6) is 0 Å². The number of nitro benzene ring substituents is 1. The minimum atomic E-state index is -0.689. The Morgan fingerprint density at radius 3 is 1.93 bits per heavy atom. The van der Waals surface area contributed by atoms with Crippen molar-refractivity contribution in [3.05, 3.63) is 62.5 Å². The van der Waals surface area contributed by atoms with Crippen molar-refractivity contribution in [2.24, 2.45) is 10.8 Å². The average molecular weight is 410 g/mol. The summed E-state index contributed by atoms with van der Waals surface area (Å²) in [6, 6.07) is 6.13. The smallest absolute Gasteiger partial charge is 0.269 e. The molecule has 1 N–H and O–H groups in total. The fourth-order valence-corrected chi connectivity index (χ4v) is 5.10. The molecule has 2 aliphatic carbocycles. The van der Waals surface area contributed by atoms with Gasteiger partial charge in [-0.25, -0.2) is 5.06 Å². The molecule has 0 bridgehead atoms. The molecule has 30 heavy (non-hydrogen) atoms. The van der Waals surface area contributed by atoms with E-state index in [0.29, 0.717) is 53.8 Å². The third-order valence-electron chi connectivity index (χ3n) is 6.30. The second kappa shape index (κ2) is 6.60. The van der Waals surface area contributed by atoms with Crippen molar-refractivity contribution in [3.8, 4) is 0 Å². The second-order valence-corrected chi connectivity index (χ2v) is 10.2. The van der Waals surface area contributed by atoms with Crippen LogP contribution in [0.3, 0.4) is 0 Å². The van der Waals surface area contributed by atoms with E-state index in [2.05, 4.69) is 0 Å². The molecule has 158 valence electrons. The summed E-state index contributed by atoms with van der Waals surface area (Å²) in [7, 11) is 0. The molecule has 7 nitrogen and oxygen atoms in total. The summed E-state index contributed by atoms with van der Waals surface area (Å²) in [5.41, 5.74) is 1.61. The number of allylic oxidation sites excluding steroid dienone is 4. The predicted molar refractivity (Wildman–Crippen MR) is 110 cm³/mol. The molecule has 1 aromatic rings. The van der Waals surface area contributed by atoms with Gasteiger partial charge in [-0.05, 0) is 29.2 Å². The predicted octanol–water partition coefficient (Wildman–Crippen LogP) is 4.67. The molecule has 0 atom stereocenters. The highest BCUT2D eigenvalue weighted by molar-refractivity contribution is 6.06. The van der Waals surface area contributed by atoms with Crippen LogP contribution >= 0.6 is 0 Å². The van der Waals surface area contributed by atoms with Crippen molar-refractivity contribution < 1.29 is 19.7 Å². The minimum Gasteiger partial charge on any atom is -0.294 e. The van der Waals surface area contributed by atoms with E-state index in [1.165, 1.54) is 12.1 Å². The minimum absolute atomic E-state index is 0.0876. The zero-order valence-electron chi connectivity index (χ0n) is 17.7. The van der Waals surface area contributed by atoms with E-state index in [1.54, 1.807) is 12.1 Å². The van der Waals surface area contributed by atoms with Crippen molar-refractivity contribution in [1.29, 1.82) is 0 Å². The van der Waals surface area contributed by atoms with Gasteiger partial charge in [0, 0.05) is 42.0 Å². The molecule has 1 aromatic carbocycles. The van der Waals surface area contributed by atoms with Crippen molar-refractivity contribution in [3.63, 3.8) is 0 Å². The van der Waals surface area contributed by atoms with Crippen LogP contribution in [0.15, 0.2) is 46.8 Å². The van der Waals surface area contributed by atoms with Gasteiger partial charge in [0.2, 0.25) is 0 Å². The van der Waals surface area contributed by atoms with Crippen LogP contribution in [0.4, 0.5) is 5.69 Å². The first-order chi connectivity index (χ1) is 13.9. The van der Waals surface area contributed by atoms with Crippen LogP contribution in [0.25, 0.3) is 0 Å². The van der Waals surface area contributed by atoms with Crippen LogP contribution < -0.4 is 0 Å². The maximum atomic E-state index is 13.2. The summed E-state index contributed by atoms with van der Waals surface area (Å²) < 4.78 is 0. The fraction of sp³-hybridized carbons (Fsp3) is 0.478. The first-order valence-electron chi connectivity index (χ1n) is 10.2. The van der Waals surface area contributed by atoms with Crippen molar-refractivity contribution in [2.45, 2.75) is 59.3 Å². The number of hydrogen-bond donors (Lipinski definition) is 1. The van der Waals surface area contributed by atoms with Crippen LogP contribution in [0.2, 0.25) is 0 Å². The number of benzene rings is 1. The number of carbonyl (C=O) groups excluding carboxylic acids is 2. The Bertz CT molecular complexity index is 993. The molecule has 7 heteroatoms. The van der Waals surface area contributed by atoms with E-state index in [1.807, 2.05) is 27.7 Å². The van der Waals surface area contributed by atoms with Gasteiger partial charge in [-0.2, -0.15) is 0 Å². The first kappa shape index (κ1) is 20.5. The first-order valence-corrected chi connectivity index (χ1v) is 10.2. The maximum Gasteiger partial charge on any atom is 0.269 e. The van der Waals surface area contributed by atoms with Gasteiger partial charge in [0.05, 0.1) is 16.3 Å². The Kier molecular flexibility index (Phi) is 4.51. The van der Waals surface area contributed by atoms with Gasteiger partial charge in [-0.15, -0.1) is 0 Å². The monoisotopic (exact) mass is 410 g/mol. The van der Waals surface area contributed by atoms with E-state index >= 15 is 0 Å². The zero-order chi connectivity index (χ0) is 22.0. The zero-order valence-corrected chi connectivity index (χ0v) is 17.7. The number of nitro groups is 1. The van der Waals surface area contributed by atoms with Gasteiger partial charge in [-0.3, -0.25) is 24.9 Å². The molecule has 0 amide bonds. The maximum absolute atomic E-state index is 13.2. The number of Topliss-reactive ketones (excluding diaryl/α,β-unsaturated/α-hetero) is 2. The molecule has 0 radical (unpaired) electrons. The van der Waals surface area contributed by atoms with Crippen LogP contribution in [-0.4, -0.2) is 26.8 Å². The molecular weight excluding hydrogens is 384 g/mol. The van der Waals surface area contributed by atoms with Crippen LogP contribution in [0, 0.1) is 20.9 Å². The molecule has 1 aliphatic heterocycles. The highest BCUT2D eigenvalue weighted by Crippen LogP contribution is 2.53. The van der Waals surface area contributed by atoms with Crippen molar-refractivity contribution >= 4 is 17.3 Å². The number of hydrogen-bond acceptors (Lipinski definition) is 6. The van der Waals surface area contributed by atoms with E-state index in [4.69, 9.17) is 0 Å². The normalized spacial score (nSPS) is 23.4. The number of rotatable bonds is 2. The second-order valence-electron chi connectivity index (χ2n) is 10.2. The highest BCUT2D eigenvalue weighted by Gasteiger charge is 2.49. The quantitative estimate of drug-likeness (QED) is 0.562. The Hall–Kier alpha value is -2.80. The largest absolute Gasteiger partial charge is 0.294 e. The molecule has 0 unspecified atom stereocenters. The van der Waals surface area contributed by atoms with E-state index < -0.39 is 10.8 Å². The van der Waals surface area contributed by atoms with Gasteiger partial charge in [0.25, 0.3) is 5.69 Å². The summed E-state index contributed by atoms with van der Waals surface area (Å²) in [6.07, 6.45) is 1.57. The third-order valence-corrected chi connectivity index (χ3v) is 6.30. The lowest BCUT2D eigenvalue weighted by Crippen LogP contribution is -2.43. The number of nitrogens with zero attached hydrogens (tertiary/aromatic N) is 2. The van der Waals surface area contributed by atoms with Crippen LogP contribution in [0.1, 0.15) is 64.9 Å². The SMILES string of the molecule is CC1(C)CC(=O)C2=C(C1)N(O)C1=C(C(=O)CC(C)(C)C1)C2c1cccc([N+](=O)[O-])c1. The topological polar surface area (TPSA) is 101 Å². The van der Waals surface area contributed by atoms with Gasteiger partial charge in [0.1, 0.15) is 0 Å². The van der Waals surface area contributed by atoms with Gasteiger partial charge in [0.15, 0.2) is 11.6 Å². The molecule has 0 aromatic heterocycles. The average Bonchev–Trinajstić information content (AvgIpc) is 2.62. The lowest BCUT2D eigenvalue weighted by atomic mass is 9.64. The Balaban J connectivity index is 1.98. The molecule has 4 rings (SSSR count). The Morgan fingerprint density at radius 2 is 1.47 bits per heavy atom. The standard InChI is InChI=1S/C23H26N2O5/c1-22(2)9-15-20(17(26)11-22)19(13-6-5-7-14(8-13)25(29)30)21-16(24(15)28)10-23(3,4)12-18(21)27/h5-8,19,28H,9-12H2,1-4H3. The summed E-state index contributed by atoms with van der Waals surface area (Å²) in [5, 5.41) is 23.5. The molecule has 3 aliphatic rings. The van der Waals surface area contributed by atoms with E-state index in [-0.39, 0.29) is 28.1 Å². The summed E-state index contributed by atoms with van der Waals surface area (Å²) in [4.78, 5) is 37.3. The number of carbonyl (C=O) groups is 2. The molecule has 1 heterocycles. The van der Waals surface area contributed by atoms with Crippen molar-refractivity contribution in [2.75, 3.05) is 0 Å². The summed E-state index contributed by atoms with van der Waals surface area (Å²) >= 11 is 0. The van der Waals surface area contributed by atoms with Gasteiger partial charge in [-0.1, -0.05) is 39.8 Å². The molecule has 0 saturated heterocycles.